The largest absolute Gasteiger partial charge is 0.493 e. The summed E-state index contributed by atoms with van der Waals surface area (Å²) in [6.07, 6.45) is 1.53. The van der Waals surface area contributed by atoms with E-state index in [-0.39, 0.29) is 17.7 Å². The molecule has 2 aromatic rings. The number of anilines is 2. The standard InChI is InChI=1S/C21H25N3O4/c1-27-18-5-3-4-17(19(18)28-2)21(26)23-15-6-8-16(9-7-15)24-12-10-14(11-13-24)20(22)25/h3-9,14H,10-13H2,1-2H3,(H2,22,25)(H,23,26). The Kier molecular flexibility index (Phi) is 6.03. The molecule has 1 aliphatic heterocycles. The molecule has 0 bridgehead atoms. The Morgan fingerprint density at radius 3 is 2.29 bits per heavy atom. The number of nitrogens with two attached hydrogens (primary N) is 1. The highest BCUT2D eigenvalue weighted by atomic mass is 16.5. The highest BCUT2D eigenvalue weighted by Crippen LogP contribution is 2.31. The molecule has 1 saturated heterocycles. The molecule has 1 heterocycles. The lowest BCUT2D eigenvalue weighted by Crippen LogP contribution is -2.38. The number of ether oxygens (including phenoxy) is 2. The Balaban J connectivity index is 1.67. The summed E-state index contributed by atoms with van der Waals surface area (Å²) >= 11 is 0. The first-order chi connectivity index (χ1) is 13.5. The van der Waals surface area contributed by atoms with Crippen molar-refractivity contribution in [2.45, 2.75) is 12.8 Å². The molecule has 0 aromatic heterocycles. The minimum absolute atomic E-state index is 0.0346. The molecule has 0 aliphatic carbocycles. The maximum atomic E-state index is 12.6. The van der Waals surface area contributed by atoms with Crippen molar-refractivity contribution in [3.05, 3.63) is 48.0 Å². The van der Waals surface area contributed by atoms with E-state index in [1.54, 1.807) is 18.2 Å². The number of nitrogens with one attached hydrogen (secondary N) is 1. The third-order valence-corrected chi connectivity index (χ3v) is 5.04. The summed E-state index contributed by atoms with van der Waals surface area (Å²) in [6.45, 7) is 1.58. The lowest BCUT2D eigenvalue weighted by atomic mass is 9.96. The number of carbonyl (C=O) groups excluding carboxylic acids is 2. The minimum Gasteiger partial charge on any atom is -0.493 e. The highest BCUT2D eigenvalue weighted by Gasteiger charge is 2.23. The van der Waals surface area contributed by atoms with Crippen LogP contribution >= 0.6 is 0 Å². The van der Waals surface area contributed by atoms with E-state index in [1.807, 2.05) is 24.3 Å². The van der Waals surface area contributed by atoms with Gasteiger partial charge in [0.15, 0.2) is 11.5 Å². The second kappa shape index (κ2) is 8.65. The second-order valence-corrected chi connectivity index (χ2v) is 6.71. The van der Waals surface area contributed by atoms with Gasteiger partial charge < -0.3 is 25.4 Å². The van der Waals surface area contributed by atoms with Crippen LogP contribution in [0.25, 0.3) is 0 Å². The average molecular weight is 383 g/mol. The number of rotatable bonds is 6. The summed E-state index contributed by atoms with van der Waals surface area (Å²) in [4.78, 5) is 26.2. The molecular formula is C21H25N3O4. The first-order valence-electron chi connectivity index (χ1n) is 9.20. The Labute approximate surface area is 164 Å². The molecule has 148 valence electrons. The van der Waals surface area contributed by atoms with Crippen LogP contribution in [0.4, 0.5) is 11.4 Å². The zero-order chi connectivity index (χ0) is 20.1. The van der Waals surface area contributed by atoms with Crippen molar-refractivity contribution in [3.8, 4) is 11.5 Å². The van der Waals surface area contributed by atoms with Gasteiger partial charge in [-0.2, -0.15) is 0 Å². The van der Waals surface area contributed by atoms with Gasteiger partial charge in [0.1, 0.15) is 0 Å². The fraction of sp³-hybridized carbons (Fsp3) is 0.333. The van der Waals surface area contributed by atoms with Gasteiger partial charge in [0.25, 0.3) is 5.91 Å². The number of methoxy groups -OCH3 is 2. The van der Waals surface area contributed by atoms with Crippen LogP contribution in [0.5, 0.6) is 11.5 Å². The Morgan fingerprint density at radius 1 is 1.04 bits per heavy atom. The van der Waals surface area contributed by atoms with Crippen molar-refractivity contribution in [3.63, 3.8) is 0 Å². The number of hydrogen-bond donors (Lipinski definition) is 2. The van der Waals surface area contributed by atoms with Crippen LogP contribution in [0.15, 0.2) is 42.5 Å². The number of para-hydroxylation sites is 1. The average Bonchev–Trinajstić information content (AvgIpc) is 2.73. The van der Waals surface area contributed by atoms with E-state index in [0.29, 0.717) is 22.7 Å². The molecule has 0 atom stereocenters. The normalized spacial score (nSPS) is 14.4. The summed E-state index contributed by atoms with van der Waals surface area (Å²) in [5.41, 5.74) is 7.53. The lowest BCUT2D eigenvalue weighted by molar-refractivity contribution is -0.122. The number of primary amides is 1. The number of hydrogen-bond acceptors (Lipinski definition) is 5. The van der Waals surface area contributed by atoms with Crippen LogP contribution in [-0.4, -0.2) is 39.1 Å². The van der Waals surface area contributed by atoms with Gasteiger partial charge in [-0.05, 0) is 49.2 Å². The van der Waals surface area contributed by atoms with Gasteiger partial charge in [-0.1, -0.05) is 6.07 Å². The molecule has 7 heteroatoms. The summed E-state index contributed by atoms with van der Waals surface area (Å²) < 4.78 is 10.6. The molecule has 0 spiro atoms. The zero-order valence-corrected chi connectivity index (χ0v) is 16.1. The highest BCUT2D eigenvalue weighted by molar-refractivity contribution is 6.06. The zero-order valence-electron chi connectivity index (χ0n) is 16.1. The fourth-order valence-electron chi connectivity index (χ4n) is 3.44. The lowest BCUT2D eigenvalue weighted by Gasteiger charge is -2.32. The van der Waals surface area contributed by atoms with Crippen LogP contribution in [0.1, 0.15) is 23.2 Å². The summed E-state index contributed by atoms with van der Waals surface area (Å²) in [7, 11) is 3.04. The summed E-state index contributed by atoms with van der Waals surface area (Å²) in [5, 5.41) is 2.88. The number of benzene rings is 2. The molecule has 28 heavy (non-hydrogen) atoms. The van der Waals surface area contributed by atoms with Crippen molar-refractivity contribution in [2.24, 2.45) is 11.7 Å². The fourth-order valence-corrected chi connectivity index (χ4v) is 3.44. The molecule has 1 aliphatic rings. The van der Waals surface area contributed by atoms with Crippen molar-refractivity contribution >= 4 is 23.2 Å². The van der Waals surface area contributed by atoms with Crippen LogP contribution in [0.3, 0.4) is 0 Å². The predicted octanol–water partition coefficient (Wildman–Crippen LogP) is 2.66. The van der Waals surface area contributed by atoms with E-state index in [1.165, 1.54) is 14.2 Å². The smallest absolute Gasteiger partial charge is 0.259 e. The first-order valence-corrected chi connectivity index (χ1v) is 9.20. The van der Waals surface area contributed by atoms with Crippen molar-refractivity contribution in [1.29, 1.82) is 0 Å². The number of carbonyl (C=O) groups is 2. The van der Waals surface area contributed by atoms with Gasteiger partial charge in [0, 0.05) is 30.4 Å². The van der Waals surface area contributed by atoms with E-state index in [4.69, 9.17) is 15.2 Å². The van der Waals surface area contributed by atoms with E-state index in [2.05, 4.69) is 10.2 Å². The van der Waals surface area contributed by atoms with Crippen LogP contribution in [0, 0.1) is 5.92 Å². The van der Waals surface area contributed by atoms with Crippen LogP contribution in [0.2, 0.25) is 0 Å². The van der Waals surface area contributed by atoms with E-state index < -0.39 is 0 Å². The van der Waals surface area contributed by atoms with Gasteiger partial charge in [-0.25, -0.2) is 0 Å². The third-order valence-electron chi connectivity index (χ3n) is 5.04. The monoisotopic (exact) mass is 383 g/mol. The van der Waals surface area contributed by atoms with Gasteiger partial charge in [0.05, 0.1) is 19.8 Å². The molecule has 2 aromatic carbocycles. The number of nitrogens with zero attached hydrogens (tertiary/aromatic N) is 1. The Hall–Kier alpha value is -3.22. The first kappa shape index (κ1) is 19.5. The quantitative estimate of drug-likeness (QED) is 0.800. The van der Waals surface area contributed by atoms with Crippen LogP contribution in [-0.2, 0) is 4.79 Å². The summed E-state index contributed by atoms with van der Waals surface area (Å²) in [5.74, 6) is 0.380. The molecule has 1 fully saturated rings. The van der Waals surface area contributed by atoms with Crippen molar-refractivity contribution in [2.75, 3.05) is 37.5 Å². The van der Waals surface area contributed by atoms with Crippen LogP contribution < -0.4 is 25.4 Å². The van der Waals surface area contributed by atoms with Gasteiger partial charge in [-0.3, -0.25) is 9.59 Å². The van der Waals surface area contributed by atoms with Crippen molar-refractivity contribution in [1.82, 2.24) is 0 Å². The van der Waals surface area contributed by atoms with E-state index in [9.17, 15) is 9.59 Å². The SMILES string of the molecule is COc1cccc(C(=O)Nc2ccc(N3CCC(C(N)=O)CC3)cc2)c1OC. The minimum atomic E-state index is -0.272. The molecule has 0 saturated carbocycles. The molecule has 0 radical (unpaired) electrons. The predicted molar refractivity (Wildman–Crippen MR) is 108 cm³/mol. The molecule has 3 N–H and O–H groups in total. The van der Waals surface area contributed by atoms with Gasteiger partial charge in [-0.15, -0.1) is 0 Å². The molecule has 3 rings (SSSR count). The maximum absolute atomic E-state index is 12.6. The molecular weight excluding hydrogens is 358 g/mol. The Morgan fingerprint density at radius 2 is 1.71 bits per heavy atom. The maximum Gasteiger partial charge on any atom is 0.259 e. The van der Waals surface area contributed by atoms with E-state index in [0.717, 1.165) is 31.6 Å². The second-order valence-electron chi connectivity index (χ2n) is 6.71. The molecule has 2 amide bonds. The van der Waals surface area contributed by atoms with Gasteiger partial charge >= 0.3 is 0 Å². The molecule has 7 nitrogen and oxygen atoms in total. The van der Waals surface area contributed by atoms with Crippen molar-refractivity contribution < 1.29 is 19.1 Å². The van der Waals surface area contributed by atoms with E-state index >= 15 is 0 Å². The van der Waals surface area contributed by atoms with Gasteiger partial charge in [0.2, 0.25) is 5.91 Å². The topological polar surface area (TPSA) is 93.9 Å². The number of piperidine rings is 1. The third kappa shape index (κ3) is 4.19. The summed E-state index contributed by atoms with van der Waals surface area (Å²) in [6, 6.07) is 12.8. The number of amides is 2. The molecule has 0 unspecified atom stereocenters. The Bertz CT molecular complexity index is 843.